The molecule has 5 heteroatoms. The molecular formula is C39H81O4P. The Bertz CT molecular complexity index is 581. The fourth-order valence-corrected chi connectivity index (χ4v) is 6.85. The topological polar surface area (TPSA) is 44.8 Å². The van der Waals surface area contributed by atoms with Crippen LogP contribution < -0.4 is 0 Å². The number of hydrogen-bond donors (Lipinski definition) is 0. The first kappa shape index (κ1) is 44.1. The first-order valence-electron chi connectivity index (χ1n) is 19.2. The van der Waals surface area contributed by atoms with Gasteiger partial charge < -0.3 is 0 Å². The third kappa shape index (κ3) is 35.0. The lowest BCUT2D eigenvalue weighted by atomic mass is 9.89. The zero-order chi connectivity index (χ0) is 33.2. The van der Waals surface area contributed by atoms with Crippen LogP contribution in [0.25, 0.3) is 0 Å². The van der Waals surface area contributed by atoms with Gasteiger partial charge in [0.05, 0.1) is 19.8 Å². The lowest BCUT2D eigenvalue weighted by Gasteiger charge is -2.18. The minimum Gasteiger partial charge on any atom is -0.287 e. The summed E-state index contributed by atoms with van der Waals surface area (Å²) in [6.07, 6.45) is 29.5. The van der Waals surface area contributed by atoms with E-state index in [1.807, 2.05) is 0 Å². The zero-order valence-corrected chi connectivity index (χ0v) is 32.6. The van der Waals surface area contributed by atoms with Crippen molar-refractivity contribution in [3.8, 4) is 0 Å². The normalized spacial score (nSPS) is 13.2. The van der Waals surface area contributed by atoms with Gasteiger partial charge in [0.15, 0.2) is 0 Å². The Hall–Kier alpha value is 0.110. The van der Waals surface area contributed by atoms with Crippen molar-refractivity contribution in [3.63, 3.8) is 0 Å². The van der Waals surface area contributed by atoms with E-state index in [0.717, 1.165) is 38.5 Å². The van der Waals surface area contributed by atoms with Crippen LogP contribution in [0.15, 0.2) is 0 Å². The number of rotatable bonds is 30. The molecule has 0 N–H and O–H groups in total. The molecule has 0 spiro atoms. The summed E-state index contributed by atoms with van der Waals surface area (Å²) >= 11 is 0. The van der Waals surface area contributed by atoms with Crippen LogP contribution in [0.4, 0.5) is 0 Å². The van der Waals surface area contributed by atoms with E-state index in [0.29, 0.717) is 36.1 Å². The van der Waals surface area contributed by atoms with Gasteiger partial charge >= 0.3 is 7.82 Å². The predicted octanol–water partition coefficient (Wildman–Crippen LogP) is 14.6. The highest BCUT2D eigenvalue weighted by Crippen LogP contribution is 2.50. The van der Waals surface area contributed by atoms with E-state index in [2.05, 4.69) is 62.3 Å². The average Bonchev–Trinajstić information content (AvgIpc) is 2.90. The summed E-state index contributed by atoms with van der Waals surface area (Å²) in [4.78, 5) is 0. The van der Waals surface area contributed by atoms with Crippen molar-refractivity contribution in [2.24, 2.45) is 16.2 Å². The maximum Gasteiger partial charge on any atom is 0.474 e. The molecule has 0 aromatic rings. The number of phosphoric ester groups is 1. The molecule has 0 aliphatic carbocycles. The zero-order valence-electron chi connectivity index (χ0n) is 31.7. The second kappa shape index (κ2) is 26.1. The van der Waals surface area contributed by atoms with Crippen molar-refractivity contribution in [1.82, 2.24) is 0 Å². The molecule has 0 radical (unpaired) electrons. The van der Waals surface area contributed by atoms with E-state index in [-0.39, 0.29) is 0 Å². The minimum atomic E-state index is -3.48. The monoisotopic (exact) mass is 645 g/mol. The van der Waals surface area contributed by atoms with Gasteiger partial charge in [-0.25, -0.2) is 4.57 Å². The Kier molecular flexibility index (Phi) is 26.2. The molecule has 0 aromatic heterocycles. The van der Waals surface area contributed by atoms with Crippen molar-refractivity contribution in [2.45, 2.75) is 216 Å². The van der Waals surface area contributed by atoms with Crippen LogP contribution in [0.3, 0.4) is 0 Å². The van der Waals surface area contributed by atoms with E-state index in [1.54, 1.807) is 0 Å². The highest BCUT2D eigenvalue weighted by atomic mass is 31.2. The van der Waals surface area contributed by atoms with E-state index in [1.165, 1.54) is 116 Å². The first-order chi connectivity index (χ1) is 20.6. The molecule has 0 unspecified atom stereocenters. The Morgan fingerprint density at radius 1 is 0.318 bits per heavy atom. The molecule has 0 aliphatic heterocycles. The van der Waals surface area contributed by atoms with Crippen molar-refractivity contribution in [3.05, 3.63) is 0 Å². The number of phosphoric acid groups is 1. The predicted molar refractivity (Wildman–Crippen MR) is 195 cm³/mol. The third-order valence-electron chi connectivity index (χ3n) is 8.46. The molecule has 0 aliphatic rings. The van der Waals surface area contributed by atoms with Gasteiger partial charge in [0.1, 0.15) is 0 Å². The van der Waals surface area contributed by atoms with E-state index < -0.39 is 7.82 Å². The summed E-state index contributed by atoms with van der Waals surface area (Å²) in [5.41, 5.74) is 1.35. The quantitative estimate of drug-likeness (QED) is 0.0576. The molecule has 0 atom stereocenters. The summed E-state index contributed by atoms with van der Waals surface area (Å²) < 4.78 is 30.9. The van der Waals surface area contributed by atoms with Crippen LogP contribution in [-0.2, 0) is 18.1 Å². The maximum atomic E-state index is 13.4. The highest BCUT2D eigenvalue weighted by molar-refractivity contribution is 7.48. The average molecular weight is 645 g/mol. The lowest BCUT2D eigenvalue weighted by molar-refractivity contribution is 0.108. The Morgan fingerprint density at radius 2 is 0.500 bits per heavy atom. The van der Waals surface area contributed by atoms with Crippen LogP contribution in [0, 0.1) is 16.2 Å². The maximum absolute atomic E-state index is 13.4. The fourth-order valence-electron chi connectivity index (χ4n) is 5.56. The largest absolute Gasteiger partial charge is 0.474 e. The van der Waals surface area contributed by atoms with Crippen LogP contribution in [0.1, 0.15) is 216 Å². The summed E-state index contributed by atoms with van der Waals surface area (Å²) in [6.45, 7) is 22.3. The first-order valence-corrected chi connectivity index (χ1v) is 20.6. The summed E-state index contributed by atoms with van der Waals surface area (Å²) in [5, 5.41) is 0. The van der Waals surface area contributed by atoms with Crippen molar-refractivity contribution >= 4 is 7.82 Å². The third-order valence-corrected chi connectivity index (χ3v) is 9.96. The van der Waals surface area contributed by atoms with E-state index >= 15 is 0 Å². The van der Waals surface area contributed by atoms with Gasteiger partial charge in [-0.1, -0.05) is 178 Å². The fraction of sp³-hybridized carbons (Fsp3) is 1.00. The van der Waals surface area contributed by atoms with E-state index in [4.69, 9.17) is 13.6 Å². The van der Waals surface area contributed by atoms with Crippen molar-refractivity contribution in [1.29, 1.82) is 0 Å². The molecule has 266 valence electrons. The molecule has 0 amide bonds. The number of hydrogen-bond acceptors (Lipinski definition) is 4. The van der Waals surface area contributed by atoms with Crippen LogP contribution in [0.2, 0.25) is 0 Å². The van der Waals surface area contributed by atoms with Gasteiger partial charge in [0.25, 0.3) is 0 Å². The summed E-state index contributed by atoms with van der Waals surface area (Å²) in [5.74, 6) is 0. The van der Waals surface area contributed by atoms with Gasteiger partial charge in [0, 0.05) is 0 Å². The van der Waals surface area contributed by atoms with Crippen LogP contribution >= 0.6 is 7.82 Å². The van der Waals surface area contributed by atoms with Crippen molar-refractivity contribution in [2.75, 3.05) is 19.8 Å². The summed E-state index contributed by atoms with van der Waals surface area (Å²) in [6, 6.07) is 0. The molecule has 0 saturated heterocycles. The standard InChI is InChI=1S/C39H81O4P/c1-37(2,3)31-25-19-13-10-16-22-28-34-41-44(40,42-35-29-23-17-11-14-20-26-32-38(4,5)6)43-36-30-24-18-12-15-21-27-33-39(7,8)9/h10-36H2,1-9H3. The molecule has 0 heterocycles. The lowest BCUT2D eigenvalue weighted by Crippen LogP contribution is -2.05. The van der Waals surface area contributed by atoms with E-state index in [9.17, 15) is 4.57 Å². The molecule has 0 rings (SSSR count). The Morgan fingerprint density at radius 3 is 0.705 bits per heavy atom. The molecule has 0 saturated carbocycles. The van der Waals surface area contributed by atoms with Gasteiger partial charge in [-0.3, -0.25) is 13.6 Å². The number of unbranched alkanes of at least 4 members (excludes halogenated alkanes) is 18. The molecular weight excluding hydrogens is 563 g/mol. The van der Waals surface area contributed by atoms with Crippen LogP contribution in [0.5, 0.6) is 0 Å². The van der Waals surface area contributed by atoms with Crippen LogP contribution in [-0.4, -0.2) is 19.8 Å². The van der Waals surface area contributed by atoms with Gasteiger partial charge in [-0.2, -0.15) is 0 Å². The second-order valence-corrected chi connectivity index (χ2v) is 19.0. The minimum absolute atomic E-state index is 0.451. The van der Waals surface area contributed by atoms with Gasteiger partial charge in [-0.15, -0.1) is 0 Å². The molecule has 0 bridgehead atoms. The highest BCUT2D eigenvalue weighted by Gasteiger charge is 2.26. The smallest absolute Gasteiger partial charge is 0.287 e. The Balaban J connectivity index is 4.20. The Labute approximate surface area is 277 Å². The summed E-state index contributed by atoms with van der Waals surface area (Å²) in [7, 11) is -3.48. The van der Waals surface area contributed by atoms with Gasteiger partial charge in [-0.05, 0) is 54.8 Å². The molecule has 4 nitrogen and oxygen atoms in total. The molecule has 0 fully saturated rings. The van der Waals surface area contributed by atoms with Gasteiger partial charge in [0.2, 0.25) is 0 Å². The SMILES string of the molecule is CC(C)(C)CCCCCCCCCOP(=O)(OCCCCCCCCCC(C)(C)C)OCCCCCCCCCC(C)(C)C. The second-order valence-electron chi connectivity index (χ2n) is 17.3. The molecule has 0 aromatic carbocycles. The molecule has 44 heavy (non-hydrogen) atoms. The van der Waals surface area contributed by atoms with Crippen molar-refractivity contribution < 1.29 is 18.1 Å².